The summed E-state index contributed by atoms with van der Waals surface area (Å²) in [6, 6.07) is 0.563. The molecular formula is C17H34N2O2. The molecule has 21 heavy (non-hydrogen) atoms. The topological polar surface area (TPSA) is 50.4 Å². The first kappa shape index (κ1) is 18.3. The van der Waals surface area contributed by atoms with E-state index in [2.05, 4.69) is 24.5 Å². The lowest BCUT2D eigenvalue weighted by atomic mass is 10.0. The molecule has 124 valence electrons. The smallest absolute Gasteiger partial charge is 0.407 e. The molecular weight excluding hydrogens is 264 g/mol. The van der Waals surface area contributed by atoms with Crippen LogP contribution in [0.2, 0.25) is 0 Å². The number of rotatable bonds is 5. The van der Waals surface area contributed by atoms with Gasteiger partial charge < -0.3 is 15.4 Å². The highest BCUT2D eigenvalue weighted by molar-refractivity contribution is 5.68. The summed E-state index contributed by atoms with van der Waals surface area (Å²) in [5, 5.41) is 6.72. The van der Waals surface area contributed by atoms with E-state index < -0.39 is 5.60 Å². The van der Waals surface area contributed by atoms with Crippen molar-refractivity contribution < 1.29 is 9.53 Å². The molecule has 0 bridgehead atoms. The van der Waals surface area contributed by atoms with E-state index >= 15 is 0 Å². The quantitative estimate of drug-likeness (QED) is 0.758. The number of carbonyl (C=O) groups excluding carboxylic acids is 1. The summed E-state index contributed by atoms with van der Waals surface area (Å²) in [5.74, 6) is 0.709. The predicted molar refractivity (Wildman–Crippen MR) is 87.5 cm³/mol. The Kier molecular flexibility index (Phi) is 7.50. The molecule has 0 spiro atoms. The molecule has 0 aromatic rings. The van der Waals surface area contributed by atoms with Crippen LogP contribution in [0.1, 0.15) is 73.1 Å². The Labute approximate surface area is 130 Å². The SMILES string of the molecule is CC(C)CCNC1CCCCCC1NC(=O)OC(C)(C)C. The third-order valence-corrected chi connectivity index (χ3v) is 3.85. The van der Waals surface area contributed by atoms with Crippen molar-refractivity contribution in [2.24, 2.45) is 5.92 Å². The summed E-state index contributed by atoms with van der Waals surface area (Å²) in [7, 11) is 0. The number of carbonyl (C=O) groups is 1. The van der Waals surface area contributed by atoms with Gasteiger partial charge in [0.2, 0.25) is 0 Å². The molecule has 0 aromatic carbocycles. The van der Waals surface area contributed by atoms with Crippen LogP contribution in [0.4, 0.5) is 4.79 Å². The average Bonchev–Trinajstić information content (AvgIpc) is 2.52. The lowest BCUT2D eigenvalue weighted by Gasteiger charge is -2.29. The fourth-order valence-corrected chi connectivity index (χ4v) is 2.74. The molecule has 1 fully saturated rings. The van der Waals surface area contributed by atoms with Crippen LogP contribution < -0.4 is 10.6 Å². The van der Waals surface area contributed by atoms with Crippen molar-refractivity contribution >= 4 is 6.09 Å². The molecule has 1 rings (SSSR count). The Morgan fingerprint density at radius 3 is 2.33 bits per heavy atom. The van der Waals surface area contributed by atoms with E-state index in [9.17, 15) is 4.79 Å². The molecule has 2 N–H and O–H groups in total. The van der Waals surface area contributed by atoms with Gasteiger partial charge in [-0.2, -0.15) is 0 Å². The summed E-state index contributed by atoms with van der Waals surface area (Å²) < 4.78 is 5.39. The van der Waals surface area contributed by atoms with Gasteiger partial charge in [0, 0.05) is 12.1 Å². The van der Waals surface area contributed by atoms with Crippen LogP contribution in [0, 0.1) is 5.92 Å². The molecule has 4 nitrogen and oxygen atoms in total. The number of nitrogens with one attached hydrogen (secondary N) is 2. The number of hydrogen-bond donors (Lipinski definition) is 2. The maximum Gasteiger partial charge on any atom is 0.407 e. The van der Waals surface area contributed by atoms with Crippen molar-refractivity contribution in [2.45, 2.75) is 90.8 Å². The molecule has 0 aromatic heterocycles. The Bertz CT molecular complexity index is 310. The number of hydrogen-bond acceptors (Lipinski definition) is 3. The van der Waals surface area contributed by atoms with Gasteiger partial charge in [-0.15, -0.1) is 0 Å². The van der Waals surface area contributed by atoms with Gasteiger partial charge in [-0.05, 0) is 52.5 Å². The first-order valence-electron chi connectivity index (χ1n) is 8.51. The van der Waals surface area contributed by atoms with Crippen molar-refractivity contribution in [2.75, 3.05) is 6.54 Å². The zero-order valence-corrected chi connectivity index (χ0v) is 14.5. The largest absolute Gasteiger partial charge is 0.444 e. The first-order valence-corrected chi connectivity index (χ1v) is 8.51. The summed E-state index contributed by atoms with van der Waals surface area (Å²) in [5.41, 5.74) is -0.435. The monoisotopic (exact) mass is 298 g/mol. The predicted octanol–water partition coefficient (Wildman–Crippen LogP) is 3.85. The molecule has 0 heterocycles. The lowest BCUT2D eigenvalue weighted by molar-refractivity contribution is 0.0489. The van der Waals surface area contributed by atoms with Gasteiger partial charge >= 0.3 is 6.09 Å². The molecule has 1 saturated carbocycles. The molecule has 4 heteroatoms. The van der Waals surface area contributed by atoms with Gasteiger partial charge in [0.1, 0.15) is 5.60 Å². The van der Waals surface area contributed by atoms with Gasteiger partial charge in [-0.25, -0.2) is 4.79 Å². The number of ether oxygens (including phenoxy) is 1. The summed E-state index contributed by atoms with van der Waals surface area (Å²) >= 11 is 0. The molecule has 0 radical (unpaired) electrons. The van der Waals surface area contributed by atoms with Gasteiger partial charge in [-0.3, -0.25) is 0 Å². The first-order chi connectivity index (χ1) is 9.78. The maximum atomic E-state index is 12.0. The maximum absolute atomic E-state index is 12.0. The zero-order chi connectivity index (χ0) is 15.9. The molecule has 1 amide bonds. The summed E-state index contributed by atoms with van der Waals surface area (Å²) in [6.07, 6.45) is 6.75. The minimum atomic E-state index is -0.435. The molecule has 0 aliphatic heterocycles. The lowest BCUT2D eigenvalue weighted by Crippen LogP contribution is -2.50. The normalized spacial score (nSPS) is 23.7. The Balaban J connectivity index is 2.50. The standard InChI is InChI=1S/C17H34N2O2/c1-13(2)11-12-18-14-9-7-6-8-10-15(14)19-16(20)21-17(3,4)5/h13-15,18H,6-12H2,1-5H3,(H,19,20). The van der Waals surface area contributed by atoms with Crippen LogP contribution in [0.15, 0.2) is 0 Å². The third kappa shape index (κ3) is 8.30. The highest BCUT2D eigenvalue weighted by Crippen LogP contribution is 2.19. The second-order valence-electron chi connectivity index (χ2n) is 7.63. The molecule has 2 atom stereocenters. The fraction of sp³-hybridized carbons (Fsp3) is 0.941. The highest BCUT2D eigenvalue weighted by Gasteiger charge is 2.26. The van der Waals surface area contributed by atoms with Crippen molar-refractivity contribution in [3.8, 4) is 0 Å². The van der Waals surface area contributed by atoms with Gasteiger partial charge in [0.25, 0.3) is 0 Å². The minimum Gasteiger partial charge on any atom is -0.444 e. The summed E-state index contributed by atoms with van der Waals surface area (Å²) in [6.45, 7) is 11.2. The van der Waals surface area contributed by atoms with Crippen molar-refractivity contribution in [3.05, 3.63) is 0 Å². The van der Waals surface area contributed by atoms with E-state index in [0.29, 0.717) is 12.0 Å². The van der Waals surface area contributed by atoms with Gasteiger partial charge in [0.15, 0.2) is 0 Å². The van der Waals surface area contributed by atoms with Crippen molar-refractivity contribution in [3.63, 3.8) is 0 Å². The second-order valence-corrected chi connectivity index (χ2v) is 7.63. The number of alkyl carbamates (subject to hydrolysis) is 1. The van der Waals surface area contributed by atoms with Crippen molar-refractivity contribution in [1.82, 2.24) is 10.6 Å². The third-order valence-electron chi connectivity index (χ3n) is 3.85. The Morgan fingerprint density at radius 1 is 1.14 bits per heavy atom. The second kappa shape index (κ2) is 8.62. The molecule has 0 saturated heterocycles. The van der Waals surface area contributed by atoms with E-state index in [4.69, 9.17) is 4.74 Å². The van der Waals surface area contributed by atoms with Crippen LogP contribution in [0.3, 0.4) is 0 Å². The summed E-state index contributed by atoms with van der Waals surface area (Å²) in [4.78, 5) is 12.0. The molecule has 1 aliphatic carbocycles. The minimum absolute atomic E-state index is 0.189. The van der Waals surface area contributed by atoms with Crippen LogP contribution in [-0.4, -0.2) is 30.3 Å². The Morgan fingerprint density at radius 2 is 1.76 bits per heavy atom. The van der Waals surface area contributed by atoms with E-state index in [1.54, 1.807) is 0 Å². The van der Waals surface area contributed by atoms with Crippen LogP contribution in [-0.2, 0) is 4.74 Å². The van der Waals surface area contributed by atoms with Crippen LogP contribution in [0.5, 0.6) is 0 Å². The Hall–Kier alpha value is -0.770. The van der Waals surface area contributed by atoms with Gasteiger partial charge in [-0.1, -0.05) is 33.1 Å². The van der Waals surface area contributed by atoms with E-state index in [1.165, 1.54) is 25.7 Å². The fourth-order valence-electron chi connectivity index (χ4n) is 2.74. The average molecular weight is 298 g/mol. The van der Waals surface area contributed by atoms with Gasteiger partial charge in [0.05, 0.1) is 0 Å². The zero-order valence-electron chi connectivity index (χ0n) is 14.5. The molecule has 2 unspecified atom stereocenters. The number of amides is 1. The highest BCUT2D eigenvalue weighted by atomic mass is 16.6. The van der Waals surface area contributed by atoms with E-state index in [1.807, 2.05) is 20.8 Å². The van der Waals surface area contributed by atoms with E-state index in [0.717, 1.165) is 19.4 Å². The van der Waals surface area contributed by atoms with Crippen LogP contribution >= 0.6 is 0 Å². The van der Waals surface area contributed by atoms with Crippen LogP contribution in [0.25, 0.3) is 0 Å². The van der Waals surface area contributed by atoms with E-state index in [-0.39, 0.29) is 12.1 Å². The molecule has 1 aliphatic rings. The van der Waals surface area contributed by atoms with Crippen molar-refractivity contribution in [1.29, 1.82) is 0 Å².